The summed E-state index contributed by atoms with van der Waals surface area (Å²) in [4.78, 5) is 15.1. The van der Waals surface area contributed by atoms with Crippen molar-refractivity contribution in [2.24, 2.45) is 0 Å². The molecule has 29 heavy (non-hydrogen) atoms. The Kier molecular flexibility index (Phi) is 8.99. The molecule has 160 valence electrons. The predicted molar refractivity (Wildman–Crippen MR) is 110 cm³/mol. The molecule has 2 aliphatic heterocycles. The van der Waals surface area contributed by atoms with Crippen LogP contribution in [0.3, 0.4) is 0 Å². The van der Waals surface area contributed by atoms with Crippen LogP contribution in [-0.2, 0) is 19.0 Å². The molecule has 6 nitrogen and oxygen atoms in total. The number of hydrogen-bond donors (Lipinski definition) is 1. The highest BCUT2D eigenvalue weighted by molar-refractivity contribution is 5.91. The molecule has 0 saturated carbocycles. The van der Waals surface area contributed by atoms with Gasteiger partial charge in [0, 0.05) is 25.4 Å². The van der Waals surface area contributed by atoms with Gasteiger partial charge >= 0.3 is 0 Å². The molecule has 0 radical (unpaired) electrons. The lowest BCUT2D eigenvalue weighted by molar-refractivity contribution is -0.156. The molecular weight excluding hydrogens is 370 g/mol. The monoisotopic (exact) mass is 403 g/mol. The van der Waals surface area contributed by atoms with Gasteiger partial charge in [0.15, 0.2) is 5.76 Å². The van der Waals surface area contributed by atoms with Crippen LogP contribution in [0.15, 0.2) is 42.2 Å². The van der Waals surface area contributed by atoms with Crippen molar-refractivity contribution in [3.8, 4) is 0 Å². The molecule has 0 bridgehead atoms. The van der Waals surface area contributed by atoms with Crippen molar-refractivity contribution in [1.82, 2.24) is 4.90 Å². The highest BCUT2D eigenvalue weighted by Gasteiger charge is 2.31. The number of carbonyl (C=O) groups is 1. The Balaban J connectivity index is 1.68. The minimum Gasteiger partial charge on any atom is -0.459 e. The summed E-state index contributed by atoms with van der Waals surface area (Å²) >= 11 is 0. The molecule has 1 fully saturated rings. The van der Waals surface area contributed by atoms with E-state index in [0.717, 1.165) is 31.5 Å². The smallest absolute Gasteiger partial charge is 0.288 e. The van der Waals surface area contributed by atoms with E-state index in [1.165, 1.54) is 19.3 Å². The number of carbonyl (C=O) groups excluding carboxylic acids is 1. The van der Waals surface area contributed by atoms with Crippen molar-refractivity contribution >= 4 is 5.91 Å². The molecule has 6 heteroatoms. The van der Waals surface area contributed by atoms with Crippen LogP contribution in [0.4, 0.5) is 0 Å². The molecule has 1 aromatic carbocycles. The number of likely N-dealkylation sites (tertiary alicyclic amines) is 1. The van der Waals surface area contributed by atoms with E-state index in [9.17, 15) is 4.79 Å². The molecule has 1 aromatic rings. The van der Waals surface area contributed by atoms with Gasteiger partial charge in [-0.25, -0.2) is 0 Å². The van der Waals surface area contributed by atoms with Crippen LogP contribution in [0.25, 0.3) is 0 Å². The van der Waals surface area contributed by atoms with Crippen LogP contribution >= 0.6 is 0 Å². The quantitative estimate of drug-likeness (QED) is 0.675. The second-order valence-corrected chi connectivity index (χ2v) is 7.60. The van der Waals surface area contributed by atoms with Crippen molar-refractivity contribution in [3.05, 3.63) is 47.7 Å². The average molecular weight is 404 g/mol. The lowest BCUT2D eigenvalue weighted by atomic mass is 9.93. The molecule has 1 N–H and O–H groups in total. The zero-order valence-corrected chi connectivity index (χ0v) is 17.1. The van der Waals surface area contributed by atoms with Crippen molar-refractivity contribution < 1.29 is 24.1 Å². The topological polar surface area (TPSA) is 68.2 Å². The highest BCUT2D eigenvalue weighted by atomic mass is 16.7. The molecular formula is C23H33NO5. The maximum absolute atomic E-state index is 13.2. The lowest BCUT2D eigenvalue weighted by Gasteiger charge is -2.32. The molecule has 2 heterocycles. The number of amides is 1. The van der Waals surface area contributed by atoms with Gasteiger partial charge < -0.3 is 24.2 Å². The third-order valence-corrected chi connectivity index (χ3v) is 5.41. The van der Waals surface area contributed by atoms with Gasteiger partial charge in [0.2, 0.25) is 6.29 Å². The zero-order valence-electron chi connectivity index (χ0n) is 17.1. The number of aliphatic hydroxyl groups excluding tert-OH is 1. The average Bonchev–Trinajstić information content (AvgIpc) is 2.73. The number of allylic oxidation sites excluding steroid dienone is 1. The number of hydrogen-bond acceptors (Lipinski definition) is 5. The first-order chi connectivity index (χ1) is 14.3. The minimum absolute atomic E-state index is 0.00671. The Morgan fingerprint density at radius 3 is 2.48 bits per heavy atom. The Morgan fingerprint density at radius 2 is 1.76 bits per heavy atom. The highest BCUT2D eigenvalue weighted by Crippen LogP contribution is 2.32. The van der Waals surface area contributed by atoms with Crippen LogP contribution < -0.4 is 0 Å². The molecule has 1 saturated heterocycles. The van der Waals surface area contributed by atoms with Gasteiger partial charge in [0.1, 0.15) is 0 Å². The summed E-state index contributed by atoms with van der Waals surface area (Å²) in [6.07, 6.45) is 7.82. The lowest BCUT2D eigenvalue weighted by Crippen LogP contribution is -2.38. The van der Waals surface area contributed by atoms with E-state index in [1.54, 1.807) is 0 Å². The standard InChI is InChI=1S/C23H33NO5/c25-13-14-27-15-16-28-22-18-20(19-9-5-4-6-10-19)17-21(29-22)23(26)24-11-7-2-1-3-8-12-24/h4-6,9-10,17,20,22,25H,1-3,7-8,11-16,18H2/t20-,22+/m1/s1. The molecule has 0 aliphatic carbocycles. The molecule has 2 aliphatic rings. The number of rotatable bonds is 8. The first kappa shape index (κ1) is 21.8. The van der Waals surface area contributed by atoms with Crippen LogP contribution in [0.2, 0.25) is 0 Å². The summed E-state index contributed by atoms with van der Waals surface area (Å²) in [5.74, 6) is 0.437. The van der Waals surface area contributed by atoms with Crippen LogP contribution in [0.5, 0.6) is 0 Å². The largest absolute Gasteiger partial charge is 0.459 e. The van der Waals surface area contributed by atoms with Gasteiger partial charge in [-0.15, -0.1) is 0 Å². The first-order valence-electron chi connectivity index (χ1n) is 10.8. The summed E-state index contributed by atoms with van der Waals surface area (Å²) in [5, 5.41) is 8.79. The third kappa shape index (κ3) is 6.84. The van der Waals surface area contributed by atoms with Gasteiger partial charge in [0.05, 0.1) is 26.4 Å². The molecule has 0 unspecified atom stereocenters. The van der Waals surface area contributed by atoms with Gasteiger partial charge in [-0.2, -0.15) is 0 Å². The normalized spacial score (nSPS) is 22.9. The maximum atomic E-state index is 13.2. The van der Waals surface area contributed by atoms with E-state index in [-0.39, 0.29) is 18.4 Å². The Bertz CT molecular complexity index is 640. The molecule has 2 atom stereocenters. The van der Waals surface area contributed by atoms with E-state index in [1.807, 2.05) is 29.2 Å². The number of ether oxygens (including phenoxy) is 3. The molecule has 3 rings (SSSR count). The van der Waals surface area contributed by atoms with E-state index in [0.29, 0.717) is 32.0 Å². The number of nitrogens with zero attached hydrogens (tertiary/aromatic N) is 1. The summed E-state index contributed by atoms with van der Waals surface area (Å²) in [5.41, 5.74) is 1.15. The second kappa shape index (κ2) is 12.0. The summed E-state index contributed by atoms with van der Waals surface area (Å²) in [7, 11) is 0. The van der Waals surface area contributed by atoms with Crippen molar-refractivity contribution in [2.75, 3.05) is 39.5 Å². The summed E-state index contributed by atoms with van der Waals surface area (Å²) in [6.45, 7) is 2.60. The minimum atomic E-state index is -0.489. The summed E-state index contributed by atoms with van der Waals surface area (Å²) < 4.78 is 17.1. The fourth-order valence-corrected chi connectivity index (χ4v) is 3.85. The predicted octanol–water partition coefficient (Wildman–Crippen LogP) is 3.22. The number of benzene rings is 1. The Hall–Kier alpha value is -1.89. The first-order valence-corrected chi connectivity index (χ1v) is 10.8. The van der Waals surface area contributed by atoms with Gasteiger partial charge in [-0.3, -0.25) is 4.79 Å². The Morgan fingerprint density at radius 1 is 1.03 bits per heavy atom. The SMILES string of the molecule is O=C(C1=C[C@@H](c2ccccc2)C[C@@H](OCCOCCO)O1)N1CCCCCCC1. The molecule has 0 spiro atoms. The van der Waals surface area contributed by atoms with Crippen molar-refractivity contribution in [3.63, 3.8) is 0 Å². The Labute approximate surface area is 173 Å². The fourth-order valence-electron chi connectivity index (χ4n) is 3.85. The van der Waals surface area contributed by atoms with Crippen molar-refractivity contribution in [2.45, 2.75) is 50.7 Å². The second-order valence-electron chi connectivity index (χ2n) is 7.60. The van der Waals surface area contributed by atoms with E-state index in [4.69, 9.17) is 19.3 Å². The zero-order chi connectivity index (χ0) is 20.3. The third-order valence-electron chi connectivity index (χ3n) is 5.41. The van der Waals surface area contributed by atoms with E-state index >= 15 is 0 Å². The number of aliphatic hydroxyl groups is 1. The van der Waals surface area contributed by atoms with Gasteiger partial charge in [0.25, 0.3) is 5.91 Å². The van der Waals surface area contributed by atoms with Gasteiger partial charge in [-0.1, -0.05) is 49.6 Å². The van der Waals surface area contributed by atoms with Gasteiger partial charge in [-0.05, 0) is 24.5 Å². The van der Waals surface area contributed by atoms with E-state index < -0.39 is 6.29 Å². The fraction of sp³-hybridized carbons (Fsp3) is 0.609. The molecule has 0 aromatic heterocycles. The van der Waals surface area contributed by atoms with Crippen LogP contribution in [0, 0.1) is 0 Å². The maximum Gasteiger partial charge on any atom is 0.288 e. The van der Waals surface area contributed by atoms with Crippen LogP contribution in [-0.4, -0.2) is 61.7 Å². The summed E-state index contributed by atoms with van der Waals surface area (Å²) in [6, 6.07) is 10.2. The van der Waals surface area contributed by atoms with E-state index in [2.05, 4.69) is 12.1 Å². The van der Waals surface area contributed by atoms with Crippen LogP contribution in [0.1, 0.15) is 50.0 Å². The molecule has 1 amide bonds. The van der Waals surface area contributed by atoms with Crippen molar-refractivity contribution in [1.29, 1.82) is 0 Å².